The molecule has 0 aliphatic heterocycles. The molecule has 5 heteroatoms. The van der Waals surface area contributed by atoms with Gasteiger partial charge in [-0.1, -0.05) is 17.7 Å². The van der Waals surface area contributed by atoms with Gasteiger partial charge in [0, 0.05) is 35.6 Å². The van der Waals surface area contributed by atoms with Gasteiger partial charge in [0.2, 0.25) is 5.82 Å². The second-order valence-corrected chi connectivity index (χ2v) is 5.03. The fourth-order valence-electron chi connectivity index (χ4n) is 2.06. The lowest BCUT2D eigenvalue weighted by Crippen LogP contribution is -2.17. The highest BCUT2D eigenvalue weighted by Gasteiger charge is 2.21. The minimum atomic E-state index is 0.370. The van der Waals surface area contributed by atoms with Gasteiger partial charge in [0.25, 0.3) is 0 Å². The van der Waals surface area contributed by atoms with E-state index >= 15 is 0 Å². The first-order chi connectivity index (χ1) is 9.29. The molecule has 0 spiro atoms. The molecule has 0 atom stereocenters. The summed E-state index contributed by atoms with van der Waals surface area (Å²) in [6, 6.07) is 8.42. The summed E-state index contributed by atoms with van der Waals surface area (Å²) in [5, 5.41) is 13.2. The molecule has 0 unspecified atom stereocenters. The molecule has 2 aromatic rings. The number of hydrogen-bond donors (Lipinski definition) is 1. The van der Waals surface area contributed by atoms with Crippen molar-refractivity contribution in [3.05, 3.63) is 47.0 Å². The number of benzene rings is 1. The molecule has 1 aromatic carbocycles. The molecule has 1 aromatic heterocycles. The third kappa shape index (κ3) is 2.48. The number of nitriles is 1. The number of nitrogens with zero attached hydrogens (tertiary/aromatic N) is 3. The Balaban J connectivity index is 2.00. The van der Waals surface area contributed by atoms with Gasteiger partial charge in [0.1, 0.15) is 6.07 Å². The lowest BCUT2D eigenvalue weighted by molar-refractivity contribution is 0.684. The van der Waals surface area contributed by atoms with E-state index in [9.17, 15) is 0 Å². The predicted molar refractivity (Wildman–Crippen MR) is 73.2 cm³/mol. The summed E-state index contributed by atoms with van der Waals surface area (Å²) in [4.78, 5) is 4.03. The predicted octanol–water partition coefficient (Wildman–Crippen LogP) is 2.65. The Morgan fingerprint density at radius 2 is 2.32 bits per heavy atom. The Labute approximate surface area is 116 Å². The molecule has 1 heterocycles. The Kier molecular flexibility index (Phi) is 3.24. The summed E-state index contributed by atoms with van der Waals surface area (Å²) >= 11 is 6.29. The first kappa shape index (κ1) is 12.2. The Bertz CT molecular complexity index is 637. The van der Waals surface area contributed by atoms with Gasteiger partial charge in [-0.05, 0) is 25.0 Å². The molecule has 19 heavy (non-hydrogen) atoms. The Morgan fingerprint density at radius 1 is 1.47 bits per heavy atom. The van der Waals surface area contributed by atoms with Crippen LogP contribution in [-0.4, -0.2) is 15.6 Å². The van der Waals surface area contributed by atoms with Gasteiger partial charge in [-0.3, -0.25) is 4.57 Å². The standard InChI is InChI=1S/C14H13ClN4/c15-12-2-1-3-13(11(12)9-18-10-4-5-10)19-7-6-17-14(19)8-16/h1-3,6-7,10,18H,4-5,9H2. The van der Waals surface area contributed by atoms with Crippen molar-refractivity contribution in [1.29, 1.82) is 5.26 Å². The second kappa shape index (κ2) is 5.04. The summed E-state index contributed by atoms with van der Waals surface area (Å²) in [5.74, 6) is 0.370. The van der Waals surface area contributed by atoms with E-state index in [4.69, 9.17) is 16.9 Å². The van der Waals surface area contributed by atoms with E-state index in [1.54, 1.807) is 17.0 Å². The van der Waals surface area contributed by atoms with Gasteiger partial charge in [-0.25, -0.2) is 4.98 Å². The lowest BCUT2D eigenvalue weighted by Gasteiger charge is -2.13. The molecule has 1 aliphatic rings. The van der Waals surface area contributed by atoms with Crippen LogP contribution in [0.5, 0.6) is 0 Å². The molecule has 1 fully saturated rings. The van der Waals surface area contributed by atoms with Crippen LogP contribution in [0.4, 0.5) is 0 Å². The molecule has 1 N–H and O–H groups in total. The summed E-state index contributed by atoms with van der Waals surface area (Å²) in [6.45, 7) is 0.711. The maximum atomic E-state index is 9.08. The zero-order valence-corrected chi connectivity index (χ0v) is 11.1. The van der Waals surface area contributed by atoms with Crippen molar-refractivity contribution in [2.75, 3.05) is 0 Å². The maximum absolute atomic E-state index is 9.08. The van der Waals surface area contributed by atoms with Crippen LogP contribution in [-0.2, 0) is 6.54 Å². The van der Waals surface area contributed by atoms with Gasteiger partial charge < -0.3 is 5.32 Å². The van der Waals surface area contributed by atoms with Crippen molar-refractivity contribution in [1.82, 2.24) is 14.9 Å². The van der Waals surface area contributed by atoms with Crippen LogP contribution in [0.25, 0.3) is 5.69 Å². The normalized spacial score (nSPS) is 14.3. The zero-order valence-electron chi connectivity index (χ0n) is 10.3. The summed E-state index contributed by atoms with van der Waals surface area (Å²) in [5.41, 5.74) is 1.92. The quantitative estimate of drug-likeness (QED) is 0.931. The number of nitrogens with one attached hydrogen (secondary N) is 1. The minimum absolute atomic E-state index is 0.370. The fourth-order valence-corrected chi connectivity index (χ4v) is 2.30. The molecular weight excluding hydrogens is 260 g/mol. The third-order valence-electron chi connectivity index (χ3n) is 3.24. The number of rotatable bonds is 4. The summed E-state index contributed by atoms with van der Waals surface area (Å²) in [6.07, 6.45) is 5.87. The number of imidazole rings is 1. The van der Waals surface area contributed by atoms with Crippen molar-refractivity contribution >= 4 is 11.6 Å². The van der Waals surface area contributed by atoms with Gasteiger partial charge in [0.05, 0.1) is 5.69 Å². The third-order valence-corrected chi connectivity index (χ3v) is 3.59. The molecule has 0 saturated heterocycles. The van der Waals surface area contributed by atoms with E-state index < -0.39 is 0 Å². The molecule has 0 amide bonds. The fraction of sp³-hybridized carbons (Fsp3) is 0.286. The smallest absolute Gasteiger partial charge is 0.217 e. The van der Waals surface area contributed by atoms with E-state index in [-0.39, 0.29) is 0 Å². The van der Waals surface area contributed by atoms with Gasteiger partial charge >= 0.3 is 0 Å². The van der Waals surface area contributed by atoms with Crippen LogP contribution in [0.2, 0.25) is 5.02 Å². The van der Waals surface area contributed by atoms with Crippen LogP contribution < -0.4 is 5.32 Å². The molecular formula is C14H13ClN4. The lowest BCUT2D eigenvalue weighted by atomic mass is 10.1. The highest BCUT2D eigenvalue weighted by Crippen LogP contribution is 2.26. The Hall–Kier alpha value is -1.83. The zero-order chi connectivity index (χ0) is 13.2. The van der Waals surface area contributed by atoms with Crippen molar-refractivity contribution in [3.63, 3.8) is 0 Å². The van der Waals surface area contributed by atoms with E-state index in [1.165, 1.54) is 12.8 Å². The van der Waals surface area contributed by atoms with Crippen molar-refractivity contribution in [3.8, 4) is 11.8 Å². The van der Waals surface area contributed by atoms with E-state index in [0.717, 1.165) is 11.3 Å². The van der Waals surface area contributed by atoms with Crippen LogP contribution in [0, 0.1) is 11.3 Å². The number of aromatic nitrogens is 2. The van der Waals surface area contributed by atoms with Crippen LogP contribution in [0.1, 0.15) is 24.2 Å². The number of hydrogen-bond acceptors (Lipinski definition) is 3. The van der Waals surface area contributed by atoms with E-state index in [2.05, 4.69) is 16.4 Å². The van der Waals surface area contributed by atoms with Gasteiger partial charge in [-0.15, -0.1) is 0 Å². The molecule has 96 valence electrons. The van der Waals surface area contributed by atoms with Crippen molar-refractivity contribution in [2.45, 2.75) is 25.4 Å². The highest BCUT2D eigenvalue weighted by atomic mass is 35.5. The molecule has 1 saturated carbocycles. The first-order valence-electron chi connectivity index (χ1n) is 6.24. The average molecular weight is 273 g/mol. The highest BCUT2D eigenvalue weighted by molar-refractivity contribution is 6.31. The van der Waals surface area contributed by atoms with Crippen LogP contribution in [0.3, 0.4) is 0 Å². The monoisotopic (exact) mass is 272 g/mol. The molecule has 0 radical (unpaired) electrons. The van der Waals surface area contributed by atoms with E-state index in [1.807, 2.05) is 18.2 Å². The van der Waals surface area contributed by atoms with Crippen molar-refractivity contribution < 1.29 is 0 Å². The molecule has 3 rings (SSSR count). The minimum Gasteiger partial charge on any atom is -0.310 e. The summed E-state index contributed by atoms with van der Waals surface area (Å²) in [7, 11) is 0. The van der Waals surface area contributed by atoms with Crippen LogP contribution in [0.15, 0.2) is 30.6 Å². The first-order valence-corrected chi connectivity index (χ1v) is 6.62. The molecule has 1 aliphatic carbocycles. The van der Waals surface area contributed by atoms with Gasteiger partial charge in [0.15, 0.2) is 0 Å². The second-order valence-electron chi connectivity index (χ2n) is 4.63. The topological polar surface area (TPSA) is 53.6 Å². The maximum Gasteiger partial charge on any atom is 0.217 e. The summed E-state index contributed by atoms with van der Waals surface area (Å²) < 4.78 is 1.77. The van der Waals surface area contributed by atoms with Gasteiger partial charge in [-0.2, -0.15) is 5.26 Å². The SMILES string of the molecule is N#Cc1nccn1-c1cccc(Cl)c1CNC1CC1. The largest absolute Gasteiger partial charge is 0.310 e. The Morgan fingerprint density at radius 3 is 3.05 bits per heavy atom. The average Bonchev–Trinajstić information content (AvgIpc) is 3.12. The van der Waals surface area contributed by atoms with Crippen LogP contribution >= 0.6 is 11.6 Å². The molecule has 0 bridgehead atoms. The van der Waals surface area contributed by atoms with Crippen molar-refractivity contribution in [2.24, 2.45) is 0 Å². The number of halogens is 1. The molecule has 4 nitrogen and oxygen atoms in total. The van der Waals surface area contributed by atoms with E-state index in [0.29, 0.717) is 23.4 Å².